The summed E-state index contributed by atoms with van der Waals surface area (Å²) in [4.78, 5) is 37.3. The third kappa shape index (κ3) is 2.39. The molecule has 22 heavy (non-hydrogen) atoms. The Morgan fingerprint density at radius 3 is 2.86 bits per heavy atom. The molecular weight excluding hydrogens is 286 g/mol. The molecule has 0 unspecified atom stereocenters. The molecule has 3 N–H and O–H groups in total. The first kappa shape index (κ1) is 14.1. The lowest BCUT2D eigenvalue weighted by molar-refractivity contribution is -0.116. The molecule has 8 heteroatoms. The van der Waals surface area contributed by atoms with Gasteiger partial charge in [-0.05, 0) is 12.0 Å². The Hall–Kier alpha value is -2.90. The zero-order valence-electron chi connectivity index (χ0n) is 12.1. The fourth-order valence-corrected chi connectivity index (χ4v) is 2.54. The highest BCUT2D eigenvalue weighted by atomic mass is 16.2. The highest BCUT2D eigenvalue weighted by molar-refractivity contribution is 6.05. The number of rotatable bonds is 2. The van der Waals surface area contributed by atoms with Gasteiger partial charge in [0, 0.05) is 31.3 Å². The van der Waals surface area contributed by atoms with E-state index < -0.39 is 0 Å². The Morgan fingerprint density at radius 2 is 2.18 bits per heavy atom. The molecule has 0 fully saturated rings. The molecule has 114 valence electrons. The van der Waals surface area contributed by atoms with Crippen molar-refractivity contribution in [3.05, 3.63) is 39.8 Å². The van der Waals surface area contributed by atoms with E-state index in [1.165, 1.54) is 23.0 Å². The number of aromatic amines is 1. The van der Waals surface area contributed by atoms with Crippen LogP contribution in [0.5, 0.6) is 0 Å². The SMILES string of the molecule is C[C@@H]1CC(=O)Nc2c1c(NC(=O)c1ccc(=O)[nH]c1)nn2C. The number of carbonyl (C=O) groups excluding carboxylic acids is 2. The minimum absolute atomic E-state index is 0.0386. The van der Waals surface area contributed by atoms with E-state index in [1.807, 2.05) is 6.92 Å². The van der Waals surface area contributed by atoms with Crippen LogP contribution < -0.4 is 16.2 Å². The second kappa shape index (κ2) is 5.14. The third-order valence-electron chi connectivity index (χ3n) is 3.60. The molecule has 8 nitrogen and oxygen atoms in total. The molecule has 2 amide bonds. The van der Waals surface area contributed by atoms with Gasteiger partial charge < -0.3 is 15.6 Å². The number of pyridine rings is 1. The zero-order chi connectivity index (χ0) is 15.9. The van der Waals surface area contributed by atoms with Gasteiger partial charge in [0.1, 0.15) is 5.82 Å². The number of hydrogen-bond donors (Lipinski definition) is 3. The van der Waals surface area contributed by atoms with Crippen molar-refractivity contribution < 1.29 is 9.59 Å². The molecule has 0 radical (unpaired) electrons. The number of nitrogens with one attached hydrogen (secondary N) is 3. The fourth-order valence-electron chi connectivity index (χ4n) is 2.54. The molecule has 3 rings (SSSR count). The number of hydrogen-bond acceptors (Lipinski definition) is 4. The zero-order valence-corrected chi connectivity index (χ0v) is 12.1. The van der Waals surface area contributed by atoms with Crippen LogP contribution in [-0.2, 0) is 11.8 Å². The lowest BCUT2D eigenvalue weighted by atomic mass is 9.95. The van der Waals surface area contributed by atoms with E-state index in [4.69, 9.17) is 0 Å². The minimum Gasteiger partial charge on any atom is -0.328 e. The first-order valence-electron chi connectivity index (χ1n) is 6.82. The Bertz CT molecular complexity index is 800. The Labute approximate surface area is 125 Å². The number of aryl methyl sites for hydroxylation is 1. The summed E-state index contributed by atoms with van der Waals surface area (Å²) in [5.41, 5.74) is 0.856. The van der Waals surface area contributed by atoms with E-state index in [-0.39, 0.29) is 23.3 Å². The van der Waals surface area contributed by atoms with Crippen molar-refractivity contribution in [2.75, 3.05) is 10.6 Å². The molecule has 1 aliphatic rings. The molecule has 2 aromatic rings. The van der Waals surface area contributed by atoms with Gasteiger partial charge in [-0.25, -0.2) is 0 Å². The number of anilines is 2. The van der Waals surface area contributed by atoms with Gasteiger partial charge in [-0.1, -0.05) is 6.92 Å². The van der Waals surface area contributed by atoms with Gasteiger partial charge in [-0.15, -0.1) is 0 Å². The maximum atomic E-state index is 12.2. The van der Waals surface area contributed by atoms with E-state index in [0.29, 0.717) is 23.6 Å². The topological polar surface area (TPSA) is 109 Å². The second-order valence-electron chi connectivity index (χ2n) is 5.28. The van der Waals surface area contributed by atoms with Crippen molar-refractivity contribution in [1.82, 2.24) is 14.8 Å². The van der Waals surface area contributed by atoms with Gasteiger partial charge >= 0.3 is 0 Å². The summed E-state index contributed by atoms with van der Waals surface area (Å²) in [6, 6.07) is 2.72. The van der Waals surface area contributed by atoms with Gasteiger partial charge in [0.2, 0.25) is 11.5 Å². The van der Waals surface area contributed by atoms with Gasteiger partial charge in [0.25, 0.3) is 5.91 Å². The average Bonchev–Trinajstić information content (AvgIpc) is 2.76. The predicted octanol–water partition coefficient (Wildman–Crippen LogP) is 0.806. The quantitative estimate of drug-likeness (QED) is 0.762. The standard InChI is InChI=1S/C14H15N5O3/c1-7-5-10(21)16-13-11(7)12(18-19(13)2)17-14(22)8-3-4-9(20)15-6-8/h3-4,6-7H,5H2,1-2H3,(H,15,20)(H,16,21)(H,17,18,22)/t7-/m1/s1. The van der Waals surface area contributed by atoms with Crippen molar-refractivity contribution in [3.63, 3.8) is 0 Å². The molecule has 3 heterocycles. The number of H-pyrrole nitrogens is 1. The largest absolute Gasteiger partial charge is 0.328 e. The summed E-state index contributed by atoms with van der Waals surface area (Å²) in [7, 11) is 1.70. The highest BCUT2D eigenvalue weighted by Gasteiger charge is 2.29. The van der Waals surface area contributed by atoms with Crippen LogP contribution in [0.25, 0.3) is 0 Å². The van der Waals surface area contributed by atoms with Gasteiger partial charge in [-0.2, -0.15) is 5.10 Å². The summed E-state index contributed by atoms with van der Waals surface area (Å²) in [6.07, 6.45) is 1.69. The predicted molar refractivity (Wildman–Crippen MR) is 79.9 cm³/mol. The van der Waals surface area contributed by atoms with Crippen molar-refractivity contribution in [1.29, 1.82) is 0 Å². The monoisotopic (exact) mass is 301 g/mol. The van der Waals surface area contributed by atoms with Crippen LogP contribution in [0.1, 0.15) is 35.2 Å². The number of aromatic nitrogens is 3. The first-order valence-corrected chi connectivity index (χ1v) is 6.82. The highest BCUT2D eigenvalue weighted by Crippen LogP contribution is 2.36. The minimum atomic E-state index is -0.374. The number of amides is 2. The molecular formula is C14H15N5O3. The fraction of sp³-hybridized carbons (Fsp3) is 0.286. The van der Waals surface area contributed by atoms with Gasteiger partial charge in [0.05, 0.1) is 5.56 Å². The molecule has 1 aliphatic heterocycles. The smallest absolute Gasteiger partial charge is 0.258 e. The van der Waals surface area contributed by atoms with E-state index >= 15 is 0 Å². The Balaban J connectivity index is 1.92. The number of fused-ring (bicyclic) bond motifs is 1. The second-order valence-corrected chi connectivity index (χ2v) is 5.28. The summed E-state index contributed by atoms with van der Waals surface area (Å²) in [5, 5.41) is 9.75. The normalized spacial score (nSPS) is 16.8. The van der Waals surface area contributed by atoms with E-state index in [1.54, 1.807) is 7.05 Å². The van der Waals surface area contributed by atoms with Gasteiger partial charge in [0.15, 0.2) is 5.82 Å². The maximum Gasteiger partial charge on any atom is 0.258 e. The van der Waals surface area contributed by atoms with E-state index in [2.05, 4.69) is 20.7 Å². The van der Waals surface area contributed by atoms with Crippen molar-refractivity contribution in [2.24, 2.45) is 7.05 Å². The lowest BCUT2D eigenvalue weighted by Crippen LogP contribution is -2.23. The van der Waals surface area contributed by atoms with Crippen LogP contribution in [0.15, 0.2) is 23.1 Å². The Morgan fingerprint density at radius 1 is 1.41 bits per heavy atom. The van der Waals surface area contributed by atoms with Gasteiger partial charge in [-0.3, -0.25) is 19.1 Å². The number of nitrogens with zero attached hydrogens (tertiary/aromatic N) is 2. The summed E-state index contributed by atoms with van der Waals surface area (Å²) in [6.45, 7) is 1.91. The van der Waals surface area contributed by atoms with Crippen LogP contribution in [0.3, 0.4) is 0 Å². The molecule has 0 aliphatic carbocycles. The van der Waals surface area contributed by atoms with E-state index in [9.17, 15) is 14.4 Å². The summed E-state index contributed by atoms with van der Waals surface area (Å²) in [5.74, 6) is 0.535. The van der Waals surface area contributed by atoms with Crippen molar-refractivity contribution in [3.8, 4) is 0 Å². The summed E-state index contributed by atoms with van der Waals surface area (Å²) >= 11 is 0. The third-order valence-corrected chi connectivity index (χ3v) is 3.60. The average molecular weight is 301 g/mol. The molecule has 0 bridgehead atoms. The maximum absolute atomic E-state index is 12.2. The molecule has 0 spiro atoms. The van der Waals surface area contributed by atoms with Crippen LogP contribution in [0, 0.1) is 0 Å². The van der Waals surface area contributed by atoms with Crippen LogP contribution in [-0.4, -0.2) is 26.6 Å². The molecule has 2 aromatic heterocycles. The van der Waals surface area contributed by atoms with Crippen LogP contribution in [0.4, 0.5) is 11.6 Å². The lowest BCUT2D eigenvalue weighted by Gasteiger charge is -2.20. The Kier molecular flexibility index (Phi) is 3.28. The first-order chi connectivity index (χ1) is 10.5. The van der Waals surface area contributed by atoms with E-state index in [0.717, 1.165) is 5.56 Å². The molecule has 1 atom stereocenters. The molecule has 0 saturated carbocycles. The summed E-state index contributed by atoms with van der Waals surface area (Å²) < 4.78 is 1.53. The van der Waals surface area contributed by atoms with Crippen molar-refractivity contribution >= 4 is 23.5 Å². The van der Waals surface area contributed by atoms with Crippen LogP contribution in [0.2, 0.25) is 0 Å². The molecule has 0 saturated heterocycles. The number of carbonyl (C=O) groups is 2. The van der Waals surface area contributed by atoms with Crippen LogP contribution >= 0.6 is 0 Å². The van der Waals surface area contributed by atoms with Crippen molar-refractivity contribution in [2.45, 2.75) is 19.3 Å². The molecule has 0 aromatic carbocycles.